The maximum Gasteiger partial charge on any atom is 0.237 e. The van der Waals surface area contributed by atoms with Crippen molar-refractivity contribution in [3.63, 3.8) is 0 Å². The van der Waals surface area contributed by atoms with E-state index < -0.39 is 22.0 Å². The number of rotatable bonds is 8. The quantitative estimate of drug-likeness (QED) is 0.293. The van der Waals surface area contributed by atoms with E-state index in [-0.39, 0.29) is 23.4 Å². The first-order chi connectivity index (χ1) is 19.3. The molecule has 0 spiro atoms. The van der Waals surface area contributed by atoms with Gasteiger partial charge in [-0.15, -0.1) is 0 Å². The van der Waals surface area contributed by atoms with Gasteiger partial charge in [0.1, 0.15) is 17.5 Å². The highest BCUT2D eigenvalue weighted by atomic mass is 32.2. The topological polar surface area (TPSA) is 118 Å². The number of nitrogens with one attached hydrogen (secondary N) is 3. The van der Waals surface area contributed by atoms with Crippen molar-refractivity contribution in [1.82, 2.24) is 20.3 Å². The number of sulfonamides is 1. The van der Waals surface area contributed by atoms with E-state index >= 15 is 4.39 Å². The average Bonchev–Trinajstić information content (AvgIpc) is 2.89. The monoisotopic (exact) mass is 566 g/mol. The van der Waals surface area contributed by atoms with Gasteiger partial charge in [-0.1, -0.05) is 36.4 Å². The van der Waals surface area contributed by atoms with Crippen molar-refractivity contribution in [2.75, 3.05) is 36.3 Å². The lowest BCUT2D eigenvalue weighted by Gasteiger charge is -2.28. The Balaban J connectivity index is 1.27. The fourth-order valence-electron chi connectivity index (χ4n) is 4.93. The third kappa shape index (κ3) is 5.88. The molecule has 2 aliphatic heterocycles. The molecule has 4 aromatic rings. The highest BCUT2D eigenvalue weighted by molar-refractivity contribution is 7.91. The normalized spacial score (nSPS) is 19.8. The molecule has 0 saturated carbocycles. The number of pyridine rings is 1. The van der Waals surface area contributed by atoms with Crippen LogP contribution in [0, 0.1) is 5.82 Å². The van der Waals surface area contributed by atoms with E-state index in [1.807, 2.05) is 6.07 Å². The summed E-state index contributed by atoms with van der Waals surface area (Å²) in [5.41, 5.74) is 3.53. The number of aromatic nitrogens is 3. The summed E-state index contributed by atoms with van der Waals surface area (Å²) in [4.78, 5) is 13.8. The summed E-state index contributed by atoms with van der Waals surface area (Å²) in [6.45, 7) is 2.01. The summed E-state index contributed by atoms with van der Waals surface area (Å²) in [6.07, 6.45) is 1.05. The van der Waals surface area contributed by atoms with E-state index in [1.165, 1.54) is 12.1 Å². The first kappa shape index (κ1) is 26.5. The minimum absolute atomic E-state index is 0.0903. The van der Waals surface area contributed by atoms with Crippen LogP contribution in [-0.4, -0.2) is 61.9 Å². The molecule has 0 bridgehead atoms. The fraction of sp³-hybridized carbons (Fsp3) is 0.321. The Bertz CT molecular complexity index is 1640. The van der Waals surface area contributed by atoms with Gasteiger partial charge in [0.2, 0.25) is 16.0 Å². The van der Waals surface area contributed by atoms with Gasteiger partial charge in [0.05, 0.1) is 42.1 Å². The van der Waals surface area contributed by atoms with Crippen LogP contribution >= 0.6 is 0 Å². The van der Waals surface area contributed by atoms with Gasteiger partial charge in [0, 0.05) is 37.0 Å². The minimum atomic E-state index is -3.81. The summed E-state index contributed by atoms with van der Waals surface area (Å²) in [5.74, 6) is -0.501. The number of alkyl halides is 1. The van der Waals surface area contributed by atoms with Crippen LogP contribution in [0.3, 0.4) is 0 Å². The van der Waals surface area contributed by atoms with Gasteiger partial charge >= 0.3 is 0 Å². The maximum absolute atomic E-state index is 15.1. The fourth-order valence-corrected chi connectivity index (χ4v) is 6.13. The number of anilines is 2. The van der Waals surface area contributed by atoms with Crippen molar-refractivity contribution in [1.29, 1.82) is 0 Å². The molecule has 0 unspecified atom stereocenters. The Hall–Kier alpha value is -3.74. The summed E-state index contributed by atoms with van der Waals surface area (Å²) in [6, 6.07) is 14.7. The summed E-state index contributed by atoms with van der Waals surface area (Å²) in [7, 11) is -3.81. The Morgan fingerprint density at radius 3 is 2.60 bits per heavy atom. The third-order valence-electron chi connectivity index (χ3n) is 7.01. The SMILES string of the molecule is O=S(=O)(Cc1ccccc1)Nc1ccc(-c2cc(C3COC3)c3nc(N[C@@H]4CNC[C@@H](F)C4)ncc3n2)cc1F. The molecule has 0 radical (unpaired) electrons. The van der Waals surface area contributed by atoms with Crippen molar-refractivity contribution in [2.24, 2.45) is 0 Å². The van der Waals surface area contributed by atoms with Crippen LogP contribution in [0.5, 0.6) is 0 Å². The lowest BCUT2D eigenvalue weighted by molar-refractivity contribution is 0.00893. The van der Waals surface area contributed by atoms with Gasteiger partial charge in [-0.25, -0.2) is 32.2 Å². The Kier molecular flexibility index (Phi) is 7.30. The second kappa shape index (κ2) is 11.0. The lowest BCUT2D eigenvalue weighted by Crippen LogP contribution is -2.44. The zero-order valence-electron chi connectivity index (χ0n) is 21.5. The number of hydrogen-bond acceptors (Lipinski definition) is 8. The number of ether oxygens (including phenoxy) is 1. The van der Waals surface area contributed by atoms with Crippen LogP contribution in [0.25, 0.3) is 22.3 Å². The molecule has 2 aliphatic rings. The van der Waals surface area contributed by atoms with E-state index in [4.69, 9.17) is 9.72 Å². The number of benzene rings is 2. The van der Waals surface area contributed by atoms with Crippen LogP contribution in [0.15, 0.2) is 60.8 Å². The van der Waals surface area contributed by atoms with Gasteiger partial charge in [-0.2, -0.15) is 0 Å². The van der Waals surface area contributed by atoms with Crippen LogP contribution in [-0.2, 0) is 20.5 Å². The van der Waals surface area contributed by atoms with Gasteiger partial charge < -0.3 is 15.4 Å². The molecule has 0 aliphatic carbocycles. The lowest BCUT2D eigenvalue weighted by atomic mass is 9.95. The molecule has 40 heavy (non-hydrogen) atoms. The predicted octanol–water partition coefficient (Wildman–Crippen LogP) is 4.00. The maximum atomic E-state index is 15.1. The van der Waals surface area contributed by atoms with Crippen molar-refractivity contribution < 1.29 is 21.9 Å². The number of nitrogens with zero attached hydrogens (tertiary/aromatic N) is 3. The highest BCUT2D eigenvalue weighted by Crippen LogP contribution is 2.34. The molecule has 2 saturated heterocycles. The molecule has 4 heterocycles. The van der Waals surface area contributed by atoms with Gasteiger partial charge in [0.25, 0.3) is 0 Å². The molecule has 2 aromatic heterocycles. The molecule has 3 N–H and O–H groups in total. The second-order valence-corrected chi connectivity index (χ2v) is 11.9. The smallest absolute Gasteiger partial charge is 0.237 e. The molecule has 6 rings (SSSR count). The average molecular weight is 567 g/mol. The summed E-state index contributed by atoms with van der Waals surface area (Å²) in [5, 5.41) is 6.27. The number of fused-ring (bicyclic) bond motifs is 1. The number of hydrogen-bond donors (Lipinski definition) is 3. The van der Waals surface area contributed by atoms with E-state index in [2.05, 4.69) is 25.3 Å². The van der Waals surface area contributed by atoms with Gasteiger partial charge in [0.15, 0.2) is 0 Å². The molecule has 0 amide bonds. The molecule has 2 atom stereocenters. The van der Waals surface area contributed by atoms with E-state index in [0.717, 1.165) is 5.56 Å². The Labute approximate surface area is 230 Å². The zero-order valence-corrected chi connectivity index (χ0v) is 22.3. The van der Waals surface area contributed by atoms with Crippen molar-refractivity contribution in [2.45, 2.75) is 30.3 Å². The van der Waals surface area contributed by atoms with E-state index in [1.54, 1.807) is 42.6 Å². The number of halogens is 2. The van der Waals surface area contributed by atoms with Crippen LogP contribution < -0.4 is 15.4 Å². The van der Waals surface area contributed by atoms with Gasteiger partial charge in [-0.3, -0.25) is 4.72 Å². The second-order valence-electron chi connectivity index (χ2n) is 10.1. The minimum Gasteiger partial charge on any atom is -0.380 e. The summed E-state index contributed by atoms with van der Waals surface area (Å²) < 4.78 is 61.9. The van der Waals surface area contributed by atoms with Crippen molar-refractivity contribution in [3.05, 3.63) is 77.7 Å². The molecular formula is C28H28F2N6O3S. The number of piperidine rings is 1. The molecule has 208 valence electrons. The third-order valence-corrected chi connectivity index (χ3v) is 8.26. The Morgan fingerprint density at radius 2 is 1.88 bits per heavy atom. The molecular weight excluding hydrogens is 538 g/mol. The largest absolute Gasteiger partial charge is 0.380 e. The van der Waals surface area contributed by atoms with E-state index in [0.29, 0.717) is 66.5 Å². The van der Waals surface area contributed by atoms with Crippen LogP contribution in [0.2, 0.25) is 0 Å². The van der Waals surface area contributed by atoms with Crippen molar-refractivity contribution in [3.8, 4) is 11.3 Å². The molecule has 12 heteroatoms. The van der Waals surface area contributed by atoms with Crippen molar-refractivity contribution >= 4 is 32.7 Å². The molecule has 9 nitrogen and oxygen atoms in total. The first-order valence-electron chi connectivity index (χ1n) is 13.0. The summed E-state index contributed by atoms with van der Waals surface area (Å²) >= 11 is 0. The van der Waals surface area contributed by atoms with Crippen LogP contribution in [0.4, 0.5) is 20.4 Å². The molecule has 2 aromatic carbocycles. The zero-order chi connectivity index (χ0) is 27.7. The molecule has 2 fully saturated rings. The highest BCUT2D eigenvalue weighted by Gasteiger charge is 2.26. The predicted molar refractivity (Wildman–Crippen MR) is 149 cm³/mol. The Morgan fingerprint density at radius 1 is 1.05 bits per heavy atom. The first-order valence-corrected chi connectivity index (χ1v) is 14.7. The van der Waals surface area contributed by atoms with Crippen LogP contribution in [0.1, 0.15) is 23.5 Å². The van der Waals surface area contributed by atoms with E-state index in [9.17, 15) is 12.8 Å². The standard InChI is InChI=1S/C28H28F2N6O3S/c29-20-9-21(12-31-11-20)33-28-32-13-26-27(35-28)22(19-14-39-15-19)10-25(34-26)18-6-7-24(23(30)8-18)36-40(37,38)16-17-4-2-1-3-5-17/h1-8,10,13,19-21,31,36H,9,11-12,14-16H2,(H,32,33,35)/t20-,21-/m0/s1. The van der Waals surface area contributed by atoms with Gasteiger partial charge in [-0.05, 0) is 29.3 Å².